The number of carbonyl (C=O) groups excluding carboxylic acids is 1. The summed E-state index contributed by atoms with van der Waals surface area (Å²) in [6.07, 6.45) is -3.88. The Kier molecular flexibility index (Phi) is 3.80. The fourth-order valence-corrected chi connectivity index (χ4v) is 2.36. The van der Waals surface area contributed by atoms with Crippen LogP contribution in [0.3, 0.4) is 0 Å². The van der Waals surface area contributed by atoms with Crippen LogP contribution in [0.2, 0.25) is 0 Å². The largest absolute Gasteiger partial charge is 0.449 e. The predicted octanol–water partition coefficient (Wildman–Crippen LogP) is 2.06. The average molecular weight is 327 g/mol. The third-order valence-electron chi connectivity index (χ3n) is 3.46. The minimum absolute atomic E-state index is 0.0388. The molecule has 1 fully saturated rings. The van der Waals surface area contributed by atoms with Gasteiger partial charge in [-0.3, -0.25) is 9.59 Å². The Bertz CT molecular complexity index is 810. The van der Waals surface area contributed by atoms with E-state index in [1.165, 1.54) is 18.2 Å². The summed E-state index contributed by atoms with van der Waals surface area (Å²) in [5.41, 5.74) is -0.725. The van der Waals surface area contributed by atoms with Gasteiger partial charge in [0.2, 0.25) is 5.82 Å². The van der Waals surface area contributed by atoms with E-state index in [0.29, 0.717) is 18.7 Å². The maximum atomic E-state index is 12.6. The smallest absolute Gasteiger partial charge is 0.368 e. The molecule has 2 aromatic rings. The minimum Gasteiger partial charge on any atom is -0.368 e. The van der Waals surface area contributed by atoms with Gasteiger partial charge in [-0.15, -0.1) is 0 Å². The quantitative estimate of drug-likeness (QED) is 0.884. The number of alkyl halides is 3. The molecule has 23 heavy (non-hydrogen) atoms. The number of ether oxygens (including phenoxy) is 1. The van der Waals surface area contributed by atoms with Crippen LogP contribution in [0.25, 0.3) is 10.9 Å². The molecule has 6 nitrogen and oxygen atoms in total. The first kappa shape index (κ1) is 15.5. The van der Waals surface area contributed by atoms with Crippen molar-refractivity contribution in [3.8, 4) is 0 Å². The molecular formula is C14H12F3N3O3. The van der Waals surface area contributed by atoms with Crippen LogP contribution in [0, 0.1) is 0 Å². The fraction of sp³-hybridized carbons (Fsp3) is 0.357. The van der Waals surface area contributed by atoms with Crippen LogP contribution in [0.1, 0.15) is 18.7 Å². The summed E-state index contributed by atoms with van der Waals surface area (Å²) in [6, 6.07) is 3.93. The molecule has 0 radical (unpaired) electrons. The highest BCUT2D eigenvalue weighted by Crippen LogP contribution is 2.26. The summed E-state index contributed by atoms with van der Waals surface area (Å²) >= 11 is 0. The lowest BCUT2D eigenvalue weighted by Gasteiger charge is -2.11. The van der Waals surface area contributed by atoms with Gasteiger partial charge in [-0.1, -0.05) is 0 Å². The number of hydrogen-bond acceptors (Lipinski definition) is 4. The van der Waals surface area contributed by atoms with Crippen LogP contribution < -0.4 is 10.9 Å². The van der Waals surface area contributed by atoms with E-state index in [9.17, 15) is 22.8 Å². The third kappa shape index (κ3) is 3.19. The number of nitrogens with zero attached hydrogens (tertiary/aromatic N) is 1. The van der Waals surface area contributed by atoms with Gasteiger partial charge in [-0.25, -0.2) is 4.98 Å². The molecule has 2 heterocycles. The average Bonchev–Trinajstić information content (AvgIpc) is 3.01. The molecule has 1 atom stereocenters. The van der Waals surface area contributed by atoms with Crippen molar-refractivity contribution in [3.05, 3.63) is 34.4 Å². The van der Waals surface area contributed by atoms with Crippen LogP contribution in [-0.2, 0) is 15.7 Å². The van der Waals surface area contributed by atoms with Crippen molar-refractivity contribution in [1.29, 1.82) is 0 Å². The molecule has 1 amide bonds. The minimum atomic E-state index is -4.74. The molecule has 3 rings (SSSR count). The second-order valence-corrected chi connectivity index (χ2v) is 5.14. The van der Waals surface area contributed by atoms with Crippen LogP contribution in [0.5, 0.6) is 0 Å². The lowest BCUT2D eigenvalue weighted by Crippen LogP contribution is -2.27. The molecule has 0 aliphatic carbocycles. The van der Waals surface area contributed by atoms with Crippen LogP contribution in [-0.4, -0.2) is 28.6 Å². The topological polar surface area (TPSA) is 84.1 Å². The first-order valence-electron chi connectivity index (χ1n) is 6.88. The van der Waals surface area contributed by atoms with Gasteiger partial charge in [0.05, 0.1) is 10.9 Å². The van der Waals surface area contributed by atoms with E-state index in [0.717, 1.165) is 6.42 Å². The number of halogens is 3. The van der Waals surface area contributed by atoms with Gasteiger partial charge in [0.1, 0.15) is 6.10 Å². The van der Waals surface area contributed by atoms with Crippen LogP contribution >= 0.6 is 0 Å². The number of aromatic nitrogens is 2. The molecule has 1 aliphatic rings. The fourth-order valence-electron chi connectivity index (χ4n) is 2.36. The number of nitrogens with one attached hydrogen (secondary N) is 2. The molecule has 1 aromatic carbocycles. The Hall–Kier alpha value is -2.42. The zero-order valence-corrected chi connectivity index (χ0v) is 11.7. The number of amides is 1. The van der Waals surface area contributed by atoms with Crippen LogP contribution in [0.4, 0.5) is 18.9 Å². The van der Waals surface area contributed by atoms with Crippen LogP contribution in [0.15, 0.2) is 23.0 Å². The van der Waals surface area contributed by atoms with Gasteiger partial charge in [0, 0.05) is 12.3 Å². The number of carbonyl (C=O) groups is 1. The van der Waals surface area contributed by atoms with Crippen molar-refractivity contribution in [1.82, 2.24) is 9.97 Å². The van der Waals surface area contributed by atoms with Gasteiger partial charge in [0.15, 0.2) is 0 Å². The highest BCUT2D eigenvalue weighted by Gasteiger charge is 2.34. The van der Waals surface area contributed by atoms with Crippen molar-refractivity contribution in [2.75, 3.05) is 11.9 Å². The molecular weight excluding hydrogens is 315 g/mol. The normalized spacial score (nSPS) is 18.3. The highest BCUT2D eigenvalue weighted by molar-refractivity contribution is 5.96. The van der Waals surface area contributed by atoms with E-state index >= 15 is 0 Å². The maximum absolute atomic E-state index is 12.6. The summed E-state index contributed by atoms with van der Waals surface area (Å²) in [6.45, 7) is 0.514. The molecule has 1 aliphatic heterocycles. The Morgan fingerprint density at radius 3 is 2.83 bits per heavy atom. The molecule has 0 spiro atoms. The number of aromatic amines is 1. The van der Waals surface area contributed by atoms with E-state index in [4.69, 9.17) is 4.74 Å². The van der Waals surface area contributed by atoms with Crippen molar-refractivity contribution in [2.24, 2.45) is 0 Å². The van der Waals surface area contributed by atoms with Crippen molar-refractivity contribution < 1.29 is 22.7 Å². The number of anilines is 1. The van der Waals surface area contributed by atoms with Gasteiger partial charge in [0.25, 0.3) is 11.5 Å². The van der Waals surface area contributed by atoms with E-state index < -0.39 is 23.7 Å². The zero-order chi connectivity index (χ0) is 16.6. The monoisotopic (exact) mass is 327 g/mol. The molecule has 9 heteroatoms. The van der Waals surface area contributed by atoms with Gasteiger partial charge < -0.3 is 15.0 Å². The highest BCUT2D eigenvalue weighted by atomic mass is 19.4. The van der Waals surface area contributed by atoms with Crippen molar-refractivity contribution in [2.45, 2.75) is 25.1 Å². The van der Waals surface area contributed by atoms with E-state index in [1.54, 1.807) is 4.98 Å². The standard InChI is InChI=1S/C14H12F3N3O3/c15-14(16,17)13-19-9-4-3-7(6-8(9)11(21)20-13)18-12(22)10-2-1-5-23-10/h3-4,6,10H,1-2,5H2,(H,18,22)(H,19,20,21)/t10-/m0/s1. The molecule has 122 valence electrons. The Morgan fingerprint density at radius 2 is 2.17 bits per heavy atom. The number of rotatable bonds is 2. The van der Waals surface area contributed by atoms with E-state index in [1.807, 2.05) is 0 Å². The van der Waals surface area contributed by atoms with Crippen molar-refractivity contribution in [3.63, 3.8) is 0 Å². The Labute approximate surface area is 127 Å². The maximum Gasteiger partial charge on any atom is 0.449 e. The lowest BCUT2D eigenvalue weighted by molar-refractivity contribution is -0.144. The number of hydrogen-bond donors (Lipinski definition) is 2. The van der Waals surface area contributed by atoms with E-state index in [2.05, 4.69) is 10.3 Å². The van der Waals surface area contributed by atoms with Crippen molar-refractivity contribution >= 4 is 22.5 Å². The molecule has 0 bridgehead atoms. The Morgan fingerprint density at radius 1 is 1.39 bits per heavy atom. The first-order chi connectivity index (χ1) is 10.8. The lowest BCUT2D eigenvalue weighted by atomic mass is 10.2. The molecule has 1 aromatic heterocycles. The molecule has 1 saturated heterocycles. The summed E-state index contributed by atoms with van der Waals surface area (Å²) in [7, 11) is 0. The molecule has 0 saturated carbocycles. The summed E-state index contributed by atoms with van der Waals surface area (Å²) in [4.78, 5) is 28.8. The van der Waals surface area contributed by atoms with Gasteiger partial charge in [-0.2, -0.15) is 13.2 Å². The number of H-pyrrole nitrogens is 1. The summed E-state index contributed by atoms with van der Waals surface area (Å²) < 4.78 is 43.1. The SMILES string of the molecule is O=C(Nc1ccc2nc(C(F)(F)F)[nH]c(=O)c2c1)[C@@H]1CCCO1. The second kappa shape index (κ2) is 5.65. The summed E-state index contributed by atoms with van der Waals surface area (Å²) in [5, 5.41) is 2.54. The number of fused-ring (bicyclic) bond motifs is 1. The second-order valence-electron chi connectivity index (χ2n) is 5.14. The Balaban J connectivity index is 1.91. The van der Waals surface area contributed by atoms with Gasteiger partial charge in [-0.05, 0) is 31.0 Å². The zero-order valence-electron chi connectivity index (χ0n) is 11.7. The molecule has 2 N–H and O–H groups in total. The number of benzene rings is 1. The molecule has 0 unspecified atom stereocenters. The van der Waals surface area contributed by atoms with Gasteiger partial charge >= 0.3 is 6.18 Å². The summed E-state index contributed by atoms with van der Waals surface area (Å²) in [5.74, 6) is -1.70. The van der Waals surface area contributed by atoms with E-state index in [-0.39, 0.29) is 16.8 Å². The third-order valence-corrected chi connectivity index (χ3v) is 3.46. The first-order valence-corrected chi connectivity index (χ1v) is 6.88. The predicted molar refractivity (Wildman–Crippen MR) is 75.0 cm³/mol.